The topological polar surface area (TPSA) is 51.0 Å². The van der Waals surface area contributed by atoms with Crippen LogP contribution in [0.4, 0.5) is 0 Å². The fourth-order valence-electron chi connectivity index (χ4n) is 2.23. The van der Waals surface area contributed by atoms with Gasteiger partial charge < -0.3 is 9.84 Å². The minimum atomic E-state index is 0.491. The fraction of sp³-hybridized carbons (Fsp3) is 0.385. The summed E-state index contributed by atoms with van der Waals surface area (Å²) in [6.07, 6.45) is 1.98. The van der Waals surface area contributed by atoms with Gasteiger partial charge in [-0.2, -0.15) is 4.98 Å². The van der Waals surface area contributed by atoms with Crippen LogP contribution in [0.3, 0.4) is 0 Å². The minimum absolute atomic E-state index is 0.491. The third-order valence-corrected chi connectivity index (χ3v) is 4.01. The van der Waals surface area contributed by atoms with E-state index in [4.69, 9.17) is 27.7 Å². The Morgan fingerprint density at radius 3 is 2.95 bits per heavy atom. The number of benzene rings is 1. The van der Waals surface area contributed by atoms with Crippen molar-refractivity contribution in [3.05, 3.63) is 34.1 Å². The SMILES string of the molecule is Clc1ccc(-c2noc(CC3CCNC3)n2)cc1Cl. The zero-order valence-electron chi connectivity index (χ0n) is 10.2. The Hall–Kier alpha value is -1.10. The van der Waals surface area contributed by atoms with Gasteiger partial charge in [0.05, 0.1) is 10.0 Å². The van der Waals surface area contributed by atoms with Crippen molar-refractivity contribution in [3.63, 3.8) is 0 Å². The monoisotopic (exact) mass is 297 g/mol. The Balaban J connectivity index is 1.78. The summed E-state index contributed by atoms with van der Waals surface area (Å²) < 4.78 is 5.29. The summed E-state index contributed by atoms with van der Waals surface area (Å²) in [5.74, 6) is 1.82. The van der Waals surface area contributed by atoms with E-state index >= 15 is 0 Å². The van der Waals surface area contributed by atoms with Gasteiger partial charge in [0.25, 0.3) is 0 Å². The zero-order chi connectivity index (χ0) is 13.2. The van der Waals surface area contributed by atoms with Crippen molar-refractivity contribution in [2.24, 2.45) is 5.92 Å². The maximum atomic E-state index is 5.98. The summed E-state index contributed by atoms with van der Waals surface area (Å²) in [5.41, 5.74) is 0.814. The molecule has 1 unspecified atom stereocenters. The molecule has 19 heavy (non-hydrogen) atoms. The number of rotatable bonds is 3. The molecule has 1 aliphatic heterocycles. The molecule has 0 amide bonds. The highest BCUT2D eigenvalue weighted by Crippen LogP contribution is 2.27. The van der Waals surface area contributed by atoms with Crippen LogP contribution >= 0.6 is 23.2 Å². The second-order valence-electron chi connectivity index (χ2n) is 4.70. The molecule has 1 N–H and O–H groups in total. The summed E-state index contributed by atoms with van der Waals surface area (Å²) in [5, 5.41) is 8.32. The third kappa shape index (κ3) is 2.91. The summed E-state index contributed by atoms with van der Waals surface area (Å²) in [4.78, 5) is 4.41. The molecule has 0 aliphatic carbocycles. The Labute approximate surface area is 121 Å². The van der Waals surface area contributed by atoms with Gasteiger partial charge in [-0.05, 0) is 43.6 Å². The van der Waals surface area contributed by atoms with E-state index in [1.165, 1.54) is 0 Å². The van der Waals surface area contributed by atoms with Crippen LogP contribution in [0.5, 0.6) is 0 Å². The normalized spacial score (nSPS) is 18.9. The predicted octanol–water partition coefficient (Wildman–Crippen LogP) is 3.20. The fourth-order valence-corrected chi connectivity index (χ4v) is 2.52. The van der Waals surface area contributed by atoms with Gasteiger partial charge in [-0.1, -0.05) is 28.4 Å². The molecule has 1 aromatic carbocycles. The summed E-state index contributed by atoms with van der Waals surface area (Å²) >= 11 is 11.9. The van der Waals surface area contributed by atoms with E-state index in [2.05, 4.69) is 15.5 Å². The average Bonchev–Trinajstić information content (AvgIpc) is 3.05. The molecular formula is C13H13Cl2N3O. The smallest absolute Gasteiger partial charge is 0.227 e. The highest BCUT2D eigenvalue weighted by atomic mass is 35.5. The Kier molecular flexibility index (Phi) is 3.73. The first-order valence-electron chi connectivity index (χ1n) is 6.21. The van der Waals surface area contributed by atoms with Gasteiger partial charge >= 0.3 is 0 Å². The number of hydrogen-bond acceptors (Lipinski definition) is 4. The van der Waals surface area contributed by atoms with Crippen LogP contribution in [0.15, 0.2) is 22.7 Å². The molecular weight excluding hydrogens is 285 g/mol. The maximum absolute atomic E-state index is 5.98. The van der Waals surface area contributed by atoms with Gasteiger partial charge in [-0.3, -0.25) is 0 Å². The van der Waals surface area contributed by atoms with Gasteiger partial charge in [0.1, 0.15) is 0 Å². The molecule has 1 atom stereocenters. The first-order chi connectivity index (χ1) is 9.22. The summed E-state index contributed by atoms with van der Waals surface area (Å²) in [6.45, 7) is 2.09. The summed E-state index contributed by atoms with van der Waals surface area (Å²) in [6, 6.07) is 5.31. The van der Waals surface area contributed by atoms with E-state index in [-0.39, 0.29) is 0 Å². The van der Waals surface area contributed by atoms with E-state index in [0.29, 0.717) is 27.7 Å². The molecule has 2 aromatic rings. The van der Waals surface area contributed by atoms with Gasteiger partial charge in [0, 0.05) is 12.0 Å². The highest BCUT2D eigenvalue weighted by Gasteiger charge is 2.19. The van der Waals surface area contributed by atoms with Crippen LogP contribution in [-0.2, 0) is 6.42 Å². The first-order valence-corrected chi connectivity index (χ1v) is 6.96. The number of nitrogens with one attached hydrogen (secondary N) is 1. The number of hydrogen-bond donors (Lipinski definition) is 1. The van der Waals surface area contributed by atoms with Crippen molar-refractivity contribution in [2.45, 2.75) is 12.8 Å². The minimum Gasteiger partial charge on any atom is -0.339 e. The van der Waals surface area contributed by atoms with E-state index in [1.54, 1.807) is 12.1 Å². The molecule has 2 heterocycles. The van der Waals surface area contributed by atoms with Crippen molar-refractivity contribution < 1.29 is 4.52 Å². The van der Waals surface area contributed by atoms with Crippen LogP contribution in [0, 0.1) is 5.92 Å². The van der Waals surface area contributed by atoms with E-state index < -0.39 is 0 Å². The Bertz CT molecular complexity index is 579. The van der Waals surface area contributed by atoms with Gasteiger partial charge in [-0.25, -0.2) is 0 Å². The quantitative estimate of drug-likeness (QED) is 0.945. The average molecular weight is 298 g/mol. The van der Waals surface area contributed by atoms with Gasteiger partial charge in [0.15, 0.2) is 0 Å². The predicted molar refractivity (Wildman–Crippen MR) is 74.4 cm³/mol. The van der Waals surface area contributed by atoms with Crippen LogP contribution in [0.2, 0.25) is 10.0 Å². The van der Waals surface area contributed by atoms with Crippen LogP contribution < -0.4 is 5.32 Å². The first kappa shape index (κ1) is 12.9. The van der Waals surface area contributed by atoms with E-state index in [1.807, 2.05) is 6.07 Å². The second kappa shape index (κ2) is 5.49. The van der Waals surface area contributed by atoms with E-state index in [0.717, 1.165) is 31.5 Å². The number of aromatic nitrogens is 2. The lowest BCUT2D eigenvalue weighted by Gasteiger charge is -2.01. The van der Waals surface area contributed by atoms with Crippen molar-refractivity contribution in [1.82, 2.24) is 15.5 Å². The molecule has 0 radical (unpaired) electrons. The lowest BCUT2D eigenvalue weighted by Crippen LogP contribution is -2.10. The van der Waals surface area contributed by atoms with Crippen LogP contribution in [0.1, 0.15) is 12.3 Å². The maximum Gasteiger partial charge on any atom is 0.227 e. The highest BCUT2D eigenvalue weighted by molar-refractivity contribution is 6.42. The molecule has 1 fully saturated rings. The number of halogens is 2. The second-order valence-corrected chi connectivity index (χ2v) is 5.52. The zero-order valence-corrected chi connectivity index (χ0v) is 11.7. The molecule has 1 aromatic heterocycles. The molecule has 1 saturated heterocycles. The summed E-state index contributed by atoms with van der Waals surface area (Å²) in [7, 11) is 0. The molecule has 3 rings (SSSR count). The van der Waals surface area contributed by atoms with Crippen LogP contribution in [-0.4, -0.2) is 23.2 Å². The standard InChI is InChI=1S/C13H13Cl2N3O/c14-10-2-1-9(6-11(10)15)13-17-12(19-18-13)5-8-3-4-16-7-8/h1-2,6,8,16H,3-5,7H2. The molecule has 100 valence electrons. The van der Waals surface area contributed by atoms with Crippen molar-refractivity contribution in [3.8, 4) is 11.4 Å². The third-order valence-electron chi connectivity index (χ3n) is 3.27. The van der Waals surface area contributed by atoms with Crippen molar-refractivity contribution >= 4 is 23.2 Å². The van der Waals surface area contributed by atoms with Crippen LogP contribution in [0.25, 0.3) is 11.4 Å². The Morgan fingerprint density at radius 1 is 1.32 bits per heavy atom. The molecule has 4 nitrogen and oxygen atoms in total. The Morgan fingerprint density at radius 2 is 2.21 bits per heavy atom. The lowest BCUT2D eigenvalue weighted by molar-refractivity contribution is 0.358. The van der Waals surface area contributed by atoms with Crippen molar-refractivity contribution in [2.75, 3.05) is 13.1 Å². The molecule has 6 heteroatoms. The van der Waals surface area contributed by atoms with Crippen molar-refractivity contribution in [1.29, 1.82) is 0 Å². The molecule has 0 bridgehead atoms. The molecule has 0 spiro atoms. The van der Waals surface area contributed by atoms with Gasteiger partial charge in [0.2, 0.25) is 11.7 Å². The van der Waals surface area contributed by atoms with E-state index in [9.17, 15) is 0 Å². The lowest BCUT2D eigenvalue weighted by atomic mass is 10.1. The number of nitrogens with zero attached hydrogens (tertiary/aromatic N) is 2. The molecule has 0 saturated carbocycles. The molecule has 1 aliphatic rings. The largest absolute Gasteiger partial charge is 0.339 e. The van der Waals surface area contributed by atoms with Gasteiger partial charge in [-0.15, -0.1) is 0 Å².